The van der Waals surface area contributed by atoms with Gasteiger partial charge in [-0.2, -0.15) is 8.78 Å². The molecule has 2 aromatic rings. The minimum atomic E-state index is -3.27. The molecule has 184 valence electrons. The van der Waals surface area contributed by atoms with Crippen molar-refractivity contribution in [3.63, 3.8) is 0 Å². The van der Waals surface area contributed by atoms with Crippen LogP contribution in [0.4, 0.5) is 14.5 Å². The van der Waals surface area contributed by atoms with Crippen LogP contribution in [0.25, 0.3) is 0 Å². The highest BCUT2D eigenvalue weighted by molar-refractivity contribution is 6.02. The van der Waals surface area contributed by atoms with Gasteiger partial charge in [0, 0.05) is 11.6 Å². The Bertz CT molecular complexity index is 1050. The number of hydrogen-bond acceptors (Lipinski definition) is 8. The Kier molecular flexibility index (Phi) is 9.35. The molecule has 0 spiro atoms. The molecule has 13 heteroatoms. The van der Waals surface area contributed by atoms with Gasteiger partial charge in [-0.05, 0) is 24.6 Å². The summed E-state index contributed by atoms with van der Waals surface area (Å²) in [5.74, 6) is -2.08. The van der Waals surface area contributed by atoms with Crippen LogP contribution in [-0.4, -0.2) is 44.2 Å². The van der Waals surface area contributed by atoms with Crippen molar-refractivity contribution >= 4 is 17.5 Å². The van der Waals surface area contributed by atoms with Crippen LogP contribution in [0.3, 0.4) is 0 Å². The highest BCUT2D eigenvalue weighted by Crippen LogP contribution is 2.35. The number of nitro groups is 1. The molecular formula is C21H23F2N3O8. The van der Waals surface area contributed by atoms with E-state index in [0.717, 1.165) is 26.0 Å². The Hall–Kier alpha value is -4.16. The standard InChI is InChI=1S/C21H23F2N3O8/c1-4-5-8-33-15-7-6-12(9-16(15)31-2)19(27)24-25-20(28)13-10-17(32-3)18(34-21(22)23)11-14(13)26(29)30/h6-7,9-11,21H,4-5,8H2,1-3H3,(H,24,27)(H,25,28). The fourth-order valence-corrected chi connectivity index (χ4v) is 2.74. The minimum Gasteiger partial charge on any atom is -0.493 e. The van der Waals surface area contributed by atoms with E-state index in [-0.39, 0.29) is 11.3 Å². The van der Waals surface area contributed by atoms with Crippen molar-refractivity contribution in [1.29, 1.82) is 0 Å². The van der Waals surface area contributed by atoms with Gasteiger partial charge in [0.05, 0.1) is 31.8 Å². The molecule has 2 rings (SSSR count). The molecule has 2 N–H and O–H groups in total. The Labute approximate surface area is 193 Å². The summed E-state index contributed by atoms with van der Waals surface area (Å²) in [7, 11) is 2.51. The highest BCUT2D eigenvalue weighted by Gasteiger charge is 2.26. The second-order valence-corrected chi connectivity index (χ2v) is 6.63. The van der Waals surface area contributed by atoms with Crippen molar-refractivity contribution in [2.75, 3.05) is 20.8 Å². The van der Waals surface area contributed by atoms with Gasteiger partial charge >= 0.3 is 6.61 Å². The fourth-order valence-electron chi connectivity index (χ4n) is 2.74. The number of hydrogen-bond donors (Lipinski definition) is 2. The number of ether oxygens (including phenoxy) is 4. The Balaban J connectivity index is 2.18. The molecule has 0 aliphatic carbocycles. The van der Waals surface area contributed by atoms with Crippen LogP contribution in [-0.2, 0) is 0 Å². The summed E-state index contributed by atoms with van der Waals surface area (Å²) in [6, 6.07) is 5.84. The molecular weight excluding hydrogens is 460 g/mol. The maximum absolute atomic E-state index is 12.6. The number of carbonyl (C=O) groups is 2. The molecule has 0 aliphatic heterocycles. The predicted molar refractivity (Wildman–Crippen MR) is 115 cm³/mol. The Morgan fingerprint density at radius 1 is 1.00 bits per heavy atom. The van der Waals surface area contributed by atoms with Gasteiger partial charge in [0.1, 0.15) is 5.56 Å². The second kappa shape index (κ2) is 12.2. The first-order valence-electron chi connectivity index (χ1n) is 9.94. The molecule has 11 nitrogen and oxygen atoms in total. The van der Waals surface area contributed by atoms with E-state index in [4.69, 9.17) is 14.2 Å². The lowest BCUT2D eigenvalue weighted by Crippen LogP contribution is -2.41. The van der Waals surface area contributed by atoms with E-state index in [9.17, 15) is 28.5 Å². The first-order chi connectivity index (χ1) is 16.2. The summed E-state index contributed by atoms with van der Waals surface area (Å²) >= 11 is 0. The van der Waals surface area contributed by atoms with E-state index in [1.165, 1.54) is 25.3 Å². The van der Waals surface area contributed by atoms with Crippen LogP contribution < -0.4 is 29.8 Å². The van der Waals surface area contributed by atoms with Crippen LogP contribution >= 0.6 is 0 Å². The normalized spacial score (nSPS) is 10.4. The molecule has 34 heavy (non-hydrogen) atoms. The molecule has 0 fully saturated rings. The molecule has 0 radical (unpaired) electrons. The molecule has 2 aromatic carbocycles. The smallest absolute Gasteiger partial charge is 0.387 e. The number of methoxy groups -OCH3 is 2. The lowest BCUT2D eigenvalue weighted by molar-refractivity contribution is -0.385. The predicted octanol–water partition coefficient (Wildman–Crippen LogP) is 3.47. The molecule has 0 heterocycles. The molecule has 0 aromatic heterocycles. The van der Waals surface area contributed by atoms with Crippen molar-refractivity contribution in [3.8, 4) is 23.0 Å². The van der Waals surface area contributed by atoms with Crippen LogP contribution in [0.1, 0.15) is 40.5 Å². The van der Waals surface area contributed by atoms with Crippen molar-refractivity contribution in [2.24, 2.45) is 0 Å². The van der Waals surface area contributed by atoms with Crippen molar-refractivity contribution in [2.45, 2.75) is 26.4 Å². The number of hydrazine groups is 1. The summed E-state index contributed by atoms with van der Waals surface area (Å²) in [6.07, 6.45) is 1.78. The number of nitrogens with zero attached hydrogens (tertiary/aromatic N) is 1. The summed E-state index contributed by atoms with van der Waals surface area (Å²) in [5.41, 5.74) is 2.87. The molecule has 0 saturated carbocycles. The number of rotatable bonds is 11. The molecule has 0 unspecified atom stereocenters. The summed E-state index contributed by atoms with van der Waals surface area (Å²) in [4.78, 5) is 35.4. The molecule has 2 amide bonds. The highest BCUT2D eigenvalue weighted by atomic mass is 19.3. The first-order valence-corrected chi connectivity index (χ1v) is 9.94. The van der Waals surface area contributed by atoms with Gasteiger partial charge in [0.2, 0.25) is 0 Å². The molecule has 0 atom stereocenters. The van der Waals surface area contributed by atoms with E-state index >= 15 is 0 Å². The quantitative estimate of drug-likeness (QED) is 0.282. The Morgan fingerprint density at radius 2 is 1.65 bits per heavy atom. The van der Waals surface area contributed by atoms with Gasteiger partial charge in [0.25, 0.3) is 17.5 Å². The average Bonchev–Trinajstić information content (AvgIpc) is 2.81. The SMILES string of the molecule is CCCCOc1ccc(C(=O)NNC(=O)c2cc(OC)c(OC(F)F)cc2[N+](=O)[O-])cc1OC. The van der Waals surface area contributed by atoms with Gasteiger partial charge in [-0.1, -0.05) is 13.3 Å². The lowest BCUT2D eigenvalue weighted by atomic mass is 10.1. The van der Waals surface area contributed by atoms with Crippen LogP contribution in [0, 0.1) is 10.1 Å². The Morgan fingerprint density at radius 3 is 2.24 bits per heavy atom. The van der Waals surface area contributed by atoms with Crippen molar-refractivity contribution < 1.29 is 42.2 Å². The largest absolute Gasteiger partial charge is 0.493 e. The number of nitro benzene ring substituents is 1. The average molecular weight is 483 g/mol. The minimum absolute atomic E-state index is 0.104. The maximum Gasteiger partial charge on any atom is 0.387 e. The van der Waals surface area contributed by atoms with E-state index in [0.29, 0.717) is 24.2 Å². The van der Waals surface area contributed by atoms with E-state index in [2.05, 4.69) is 10.2 Å². The summed E-state index contributed by atoms with van der Waals surface area (Å²) in [6.45, 7) is -0.788. The lowest BCUT2D eigenvalue weighted by Gasteiger charge is -2.13. The zero-order valence-electron chi connectivity index (χ0n) is 18.6. The van der Waals surface area contributed by atoms with Gasteiger partial charge in [0.15, 0.2) is 23.0 Å². The first kappa shape index (κ1) is 26.1. The number of halogens is 2. The van der Waals surface area contributed by atoms with Gasteiger partial charge < -0.3 is 18.9 Å². The van der Waals surface area contributed by atoms with E-state index < -0.39 is 40.3 Å². The van der Waals surface area contributed by atoms with Gasteiger partial charge in [-0.15, -0.1) is 0 Å². The zero-order chi connectivity index (χ0) is 25.3. The number of carbonyl (C=O) groups excluding carboxylic acids is 2. The number of alkyl halides is 2. The topological polar surface area (TPSA) is 138 Å². The third-order valence-electron chi connectivity index (χ3n) is 4.41. The third-order valence-corrected chi connectivity index (χ3v) is 4.41. The number of amides is 2. The number of nitrogens with one attached hydrogen (secondary N) is 2. The summed E-state index contributed by atoms with van der Waals surface area (Å²) in [5, 5.41) is 11.3. The van der Waals surface area contributed by atoms with Crippen LogP contribution in [0.5, 0.6) is 23.0 Å². The van der Waals surface area contributed by atoms with Gasteiger partial charge in [-0.3, -0.25) is 30.6 Å². The molecule has 0 aliphatic rings. The van der Waals surface area contributed by atoms with Crippen molar-refractivity contribution in [1.82, 2.24) is 10.9 Å². The monoisotopic (exact) mass is 483 g/mol. The van der Waals surface area contributed by atoms with Gasteiger partial charge in [-0.25, -0.2) is 0 Å². The van der Waals surface area contributed by atoms with Crippen molar-refractivity contribution in [3.05, 3.63) is 51.6 Å². The van der Waals surface area contributed by atoms with Crippen LogP contribution in [0.15, 0.2) is 30.3 Å². The summed E-state index contributed by atoms with van der Waals surface area (Å²) < 4.78 is 45.0. The number of unbranched alkanes of at least 4 members (excludes halogenated alkanes) is 1. The molecule has 0 bridgehead atoms. The maximum atomic E-state index is 12.6. The molecule has 0 saturated heterocycles. The van der Waals surface area contributed by atoms with E-state index in [1.807, 2.05) is 12.3 Å². The third kappa shape index (κ3) is 6.67. The number of benzene rings is 2. The second-order valence-electron chi connectivity index (χ2n) is 6.63. The fraction of sp³-hybridized carbons (Fsp3) is 0.333. The van der Waals surface area contributed by atoms with Crippen LogP contribution in [0.2, 0.25) is 0 Å². The zero-order valence-corrected chi connectivity index (χ0v) is 18.6. The van der Waals surface area contributed by atoms with E-state index in [1.54, 1.807) is 0 Å².